The van der Waals surface area contributed by atoms with Gasteiger partial charge in [0, 0.05) is 6.61 Å². The number of hydrogen-bond donors (Lipinski definition) is 0. The SMILES string of the molecule is CCCCOC1C2OC[C@]1(COC(=O)c1ccccc1)O[C@H]2n1cnc2c(Cl)ncnc21. The molecule has 0 spiro atoms. The van der Waals surface area contributed by atoms with Gasteiger partial charge in [-0.2, -0.15) is 0 Å². The van der Waals surface area contributed by atoms with Gasteiger partial charge in [-0.15, -0.1) is 0 Å². The monoisotopic (exact) mass is 458 g/mol. The summed E-state index contributed by atoms with van der Waals surface area (Å²) < 4.78 is 26.2. The summed E-state index contributed by atoms with van der Waals surface area (Å²) in [6.45, 7) is 2.92. The number of fused-ring (bicyclic) bond motifs is 3. The molecule has 2 fully saturated rings. The van der Waals surface area contributed by atoms with E-state index in [-0.39, 0.29) is 18.4 Å². The molecule has 10 heteroatoms. The van der Waals surface area contributed by atoms with Crippen LogP contribution in [-0.4, -0.2) is 63.1 Å². The molecule has 0 amide bonds. The first-order chi connectivity index (χ1) is 15.6. The number of esters is 1. The third-order valence-corrected chi connectivity index (χ3v) is 6.09. The van der Waals surface area contributed by atoms with Crippen molar-refractivity contribution in [3.8, 4) is 0 Å². The third kappa shape index (κ3) is 3.65. The highest BCUT2D eigenvalue weighted by Gasteiger charge is 2.64. The van der Waals surface area contributed by atoms with Crippen LogP contribution >= 0.6 is 11.6 Å². The molecule has 0 N–H and O–H groups in total. The minimum atomic E-state index is -0.930. The number of halogens is 1. The van der Waals surface area contributed by atoms with Crippen LogP contribution in [0.2, 0.25) is 5.15 Å². The van der Waals surface area contributed by atoms with Gasteiger partial charge in [0.25, 0.3) is 0 Å². The van der Waals surface area contributed by atoms with Crippen molar-refractivity contribution >= 4 is 28.7 Å². The maximum Gasteiger partial charge on any atom is 0.338 e. The van der Waals surface area contributed by atoms with Gasteiger partial charge in [0.15, 0.2) is 22.6 Å². The zero-order valence-corrected chi connectivity index (χ0v) is 18.3. The quantitative estimate of drug-likeness (QED) is 0.288. The second-order valence-corrected chi connectivity index (χ2v) is 8.28. The molecule has 0 saturated carbocycles. The third-order valence-electron chi connectivity index (χ3n) is 5.81. The van der Waals surface area contributed by atoms with E-state index in [0.717, 1.165) is 12.8 Å². The molecule has 0 radical (unpaired) electrons. The fourth-order valence-electron chi connectivity index (χ4n) is 4.18. The van der Waals surface area contributed by atoms with Crippen molar-refractivity contribution in [1.29, 1.82) is 0 Å². The number of rotatable bonds is 8. The van der Waals surface area contributed by atoms with Crippen molar-refractivity contribution in [3.63, 3.8) is 0 Å². The Morgan fingerprint density at radius 3 is 2.94 bits per heavy atom. The van der Waals surface area contributed by atoms with Gasteiger partial charge in [0.1, 0.15) is 30.7 Å². The molecular weight excluding hydrogens is 436 g/mol. The topological polar surface area (TPSA) is 97.6 Å². The lowest BCUT2D eigenvalue weighted by molar-refractivity contribution is -0.187. The van der Waals surface area contributed by atoms with E-state index in [2.05, 4.69) is 21.9 Å². The van der Waals surface area contributed by atoms with Gasteiger partial charge in [-0.05, 0) is 18.6 Å². The Labute approximate surface area is 189 Å². The molecule has 2 aromatic heterocycles. The van der Waals surface area contributed by atoms with Crippen LogP contribution < -0.4 is 0 Å². The van der Waals surface area contributed by atoms with Gasteiger partial charge < -0.3 is 18.9 Å². The van der Waals surface area contributed by atoms with Crippen LogP contribution in [0, 0.1) is 0 Å². The summed E-state index contributed by atoms with van der Waals surface area (Å²) in [6.07, 6.45) is 3.52. The van der Waals surface area contributed by atoms with Gasteiger partial charge in [-0.3, -0.25) is 4.57 Å². The summed E-state index contributed by atoms with van der Waals surface area (Å²) in [4.78, 5) is 25.2. The highest BCUT2D eigenvalue weighted by atomic mass is 35.5. The number of aromatic nitrogens is 4. The second-order valence-electron chi connectivity index (χ2n) is 7.92. The van der Waals surface area contributed by atoms with Crippen molar-refractivity contribution in [2.24, 2.45) is 0 Å². The normalized spacial score (nSPS) is 26.6. The summed E-state index contributed by atoms with van der Waals surface area (Å²) in [7, 11) is 0. The molecule has 2 bridgehead atoms. The van der Waals surface area contributed by atoms with Crippen LogP contribution in [0.15, 0.2) is 43.0 Å². The average molecular weight is 459 g/mol. The fourth-order valence-corrected chi connectivity index (χ4v) is 4.35. The number of benzene rings is 1. The first kappa shape index (κ1) is 21.3. The van der Waals surface area contributed by atoms with Gasteiger partial charge in [-0.1, -0.05) is 43.1 Å². The van der Waals surface area contributed by atoms with Crippen LogP contribution in [0.25, 0.3) is 11.2 Å². The lowest BCUT2D eigenvalue weighted by Crippen LogP contribution is -2.47. The van der Waals surface area contributed by atoms with Gasteiger partial charge >= 0.3 is 5.97 Å². The van der Waals surface area contributed by atoms with Crippen molar-refractivity contribution in [2.45, 2.75) is 43.8 Å². The molecule has 2 aliphatic heterocycles. The second kappa shape index (κ2) is 8.74. The Morgan fingerprint density at radius 2 is 2.12 bits per heavy atom. The summed E-state index contributed by atoms with van der Waals surface area (Å²) in [5.41, 5.74) is 0.564. The fraction of sp³-hybridized carbons (Fsp3) is 0.455. The van der Waals surface area contributed by atoms with Crippen LogP contribution in [0.4, 0.5) is 0 Å². The van der Waals surface area contributed by atoms with Gasteiger partial charge in [0.2, 0.25) is 0 Å². The maximum atomic E-state index is 12.6. The molecular formula is C22H23ClN4O5. The molecule has 4 atom stereocenters. The predicted octanol–water partition coefficient (Wildman–Crippen LogP) is 3.19. The number of hydrogen-bond acceptors (Lipinski definition) is 8. The molecule has 5 rings (SSSR count). The highest BCUT2D eigenvalue weighted by molar-refractivity contribution is 6.33. The van der Waals surface area contributed by atoms with E-state index in [1.54, 1.807) is 35.2 Å². The number of carbonyl (C=O) groups excluding carboxylic acids is 1. The van der Waals surface area contributed by atoms with E-state index >= 15 is 0 Å². The van der Waals surface area contributed by atoms with E-state index in [9.17, 15) is 4.79 Å². The predicted molar refractivity (Wildman–Crippen MR) is 114 cm³/mol. The van der Waals surface area contributed by atoms with E-state index in [1.165, 1.54) is 6.33 Å². The van der Waals surface area contributed by atoms with Crippen LogP contribution in [0.1, 0.15) is 36.4 Å². The van der Waals surface area contributed by atoms with Crippen molar-refractivity contribution in [1.82, 2.24) is 19.5 Å². The maximum absolute atomic E-state index is 12.6. The standard InChI is InChI=1S/C22H23ClN4O5/c1-2-3-9-29-17-16-20(27-13-26-15-18(23)24-12-25-19(15)27)32-22(17,10-30-16)11-31-21(28)14-7-5-4-6-8-14/h4-8,12-13,16-17,20H,2-3,9-11H2,1H3/t16?,17?,20-,22-/m1/s1. The van der Waals surface area contributed by atoms with Gasteiger partial charge in [-0.25, -0.2) is 19.7 Å². The molecule has 9 nitrogen and oxygen atoms in total. The zero-order valence-electron chi connectivity index (χ0n) is 17.5. The first-order valence-electron chi connectivity index (χ1n) is 10.6. The summed E-state index contributed by atoms with van der Waals surface area (Å²) >= 11 is 6.16. The Morgan fingerprint density at radius 1 is 1.28 bits per heavy atom. The molecule has 0 aliphatic carbocycles. The number of ether oxygens (including phenoxy) is 4. The molecule has 2 aliphatic rings. The average Bonchev–Trinajstić information content (AvgIpc) is 3.49. The molecule has 1 aromatic carbocycles. The van der Waals surface area contributed by atoms with Crippen LogP contribution in [-0.2, 0) is 18.9 Å². The van der Waals surface area contributed by atoms with E-state index in [1.807, 2.05) is 6.07 Å². The summed E-state index contributed by atoms with van der Waals surface area (Å²) in [6, 6.07) is 8.85. The lowest BCUT2D eigenvalue weighted by Gasteiger charge is -2.31. The smallest absolute Gasteiger partial charge is 0.338 e. The molecule has 168 valence electrons. The Balaban J connectivity index is 1.41. The largest absolute Gasteiger partial charge is 0.459 e. The molecule has 4 heterocycles. The van der Waals surface area contributed by atoms with E-state index in [0.29, 0.717) is 23.3 Å². The van der Waals surface area contributed by atoms with Gasteiger partial charge in [0.05, 0.1) is 18.5 Å². The number of carbonyl (C=O) groups is 1. The van der Waals surface area contributed by atoms with E-state index < -0.39 is 30.0 Å². The Bertz CT molecular complexity index is 1110. The molecule has 2 unspecified atom stereocenters. The minimum Gasteiger partial charge on any atom is -0.459 e. The molecule has 2 saturated heterocycles. The Hall–Kier alpha value is -2.59. The van der Waals surface area contributed by atoms with Crippen molar-refractivity contribution in [2.75, 3.05) is 19.8 Å². The number of imidazole rings is 1. The Kier molecular flexibility index (Phi) is 5.81. The van der Waals surface area contributed by atoms with Crippen molar-refractivity contribution < 1.29 is 23.7 Å². The summed E-state index contributed by atoms with van der Waals surface area (Å²) in [5, 5.41) is 0.264. The number of nitrogens with zero attached hydrogens (tertiary/aromatic N) is 4. The molecule has 3 aromatic rings. The highest BCUT2D eigenvalue weighted by Crippen LogP contribution is 2.47. The molecule has 32 heavy (non-hydrogen) atoms. The minimum absolute atomic E-state index is 0.00683. The summed E-state index contributed by atoms with van der Waals surface area (Å²) in [5.74, 6) is -0.421. The van der Waals surface area contributed by atoms with Crippen molar-refractivity contribution in [3.05, 3.63) is 53.7 Å². The number of unbranched alkanes of at least 4 members (excludes halogenated alkanes) is 1. The van der Waals surface area contributed by atoms with Crippen LogP contribution in [0.5, 0.6) is 0 Å². The van der Waals surface area contributed by atoms with E-state index in [4.69, 9.17) is 30.5 Å². The van der Waals surface area contributed by atoms with Crippen LogP contribution in [0.3, 0.4) is 0 Å². The zero-order chi connectivity index (χ0) is 22.1. The first-order valence-corrected chi connectivity index (χ1v) is 11.0. The lowest BCUT2D eigenvalue weighted by atomic mass is 10.00.